The van der Waals surface area contributed by atoms with Crippen molar-refractivity contribution in [2.24, 2.45) is 0 Å². The number of alkyl halides is 5. The smallest absolute Gasteiger partial charge is 0.463 e. The van der Waals surface area contributed by atoms with Crippen LogP contribution in [0.3, 0.4) is 0 Å². The Morgan fingerprint density at radius 2 is 1.90 bits per heavy atom. The van der Waals surface area contributed by atoms with Gasteiger partial charge in [-0.05, 0) is 12.1 Å². The summed E-state index contributed by atoms with van der Waals surface area (Å²) >= 11 is 0. The quantitative estimate of drug-likeness (QED) is 0.496. The van der Waals surface area contributed by atoms with Gasteiger partial charge < -0.3 is 15.8 Å². The van der Waals surface area contributed by atoms with Crippen molar-refractivity contribution in [2.45, 2.75) is 12.1 Å². The molecule has 0 aliphatic carbocycles. The van der Waals surface area contributed by atoms with Crippen LogP contribution in [0.2, 0.25) is 0 Å². The molecule has 0 saturated carbocycles. The number of halogens is 5. The molecule has 0 radical (unpaired) electrons. The number of benzene rings is 1. The maximum atomic E-state index is 12.5. The summed E-state index contributed by atoms with van der Waals surface area (Å²) in [6, 6.07) is 6.11. The second-order valence-electron chi connectivity index (χ2n) is 3.75. The Hall–Kier alpha value is -2.06. The lowest BCUT2D eigenvalue weighted by Crippen LogP contribution is -2.51. The van der Waals surface area contributed by atoms with Crippen molar-refractivity contribution in [2.75, 3.05) is 18.9 Å². The number of anilines is 1. The van der Waals surface area contributed by atoms with E-state index in [0.29, 0.717) is 11.4 Å². The number of carbonyl (C=O) groups is 1. The first-order valence-corrected chi connectivity index (χ1v) is 5.36. The maximum Gasteiger partial charge on any atom is 0.463 e. The van der Waals surface area contributed by atoms with Crippen LogP contribution in [0.4, 0.5) is 27.6 Å². The summed E-state index contributed by atoms with van der Waals surface area (Å²) in [6.45, 7) is -0.775. The first-order valence-electron chi connectivity index (χ1n) is 5.36. The van der Waals surface area contributed by atoms with Gasteiger partial charge in [-0.2, -0.15) is 22.0 Å². The molecule has 0 bridgehead atoms. The molecule has 3 N–H and O–H groups in total. The van der Waals surface area contributed by atoms with Crippen molar-refractivity contribution < 1.29 is 31.5 Å². The van der Waals surface area contributed by atoms with E-state index in [1.807, 2.05) is 0 Å². The monoisotopic (exact) mass is 298 g/mol. The lowest BCUT2D eigenvalue weighted by molar-refractivity contribution is -0.269. The topological polar surface area (TPSA) is 64.3 Å². The van der Waals surface area contributed by atoms with Crippen molar-refractivity contribution in [3.8, 4) is 5.75 Å². The fraction of sp³-hybridized carbons (Fsp3) is 0.364. The molecule has 0 atom stereocenters. The fourth-order valence-corrected chi connectivity index (χ4v) is 1.18. The Labute approximate surface area is 110 Å². The summed E-state index contributed by atoms with van der Waals surface area (Å²) in [7, 11) is 0. The molecule has 1 rings (SSSR count). The molecule has 0 aliphatic heterocycles. The fourth-order valence-electron chi connectivity index (χ4n) is 1.18. The standard InChI is InChI=1S/C11H11F5N2O2/c12-10(13,11(14,15)16)9(19)18-4-5-20-8-3-1-2-7(17)6-8/h1-3,6H,4-5,17H2,(H,18,19). The van der Waals surface area contributed by atoms with Crippen LogP contribution in [0.1, 0.15) is 0 Å². The van der Waals surface area contributed by atoms with Crippen LogP contribution in [0, 0.1) is 0 Å². The molecule has 0 aromatic heterocycles. The number of ether oxygens (including phenoxy) is 1. The maximum absolute atomic E-state index is 12.5. The van der Waals surface area contributed by atoms with Crippen LogP contribution < -0.4 is 15.8 Å². The number of hydrogen-bond donors (Lipinski definition) is 2. The third-order valence-corrected chi connectivity index (χ3v) is 2.16. The predicted molar refractivity (Wildman–Crippen MR) is 60.4 cm³/mol. The van der Waals surface area contributed by atoms with Crippen molar-refractivity contribution in [3.05, 3.63) is 24.3 Å². The van der Waals surface area contributed by atoms with E-state index in [0.717, 1.165) is 0 Å². The molecule has 0 heterocycles. The highest BCUT2D eigenvalue weighted by atomic mass is 19.4. The van der Waals surface area contributed by atoms with Crippen molar-refractivity contribution in [3.63, 3.8) is 0 Å². The average Bonchev–Trinajstić information content (AvgIpc) is 2.33. The minimum absolute atomic E-state index is 0.275. The summed E-state index contributed by atoms with van der Waals surface area (Å²) in [4.78, 5) is 10.7. The molecule has 0 unspecified atom stereocenters. The molecule has 1 aromatic carbocycles. The Morgan fingerprint density at radius 3 is 2.45 bits per heavy atom. The van der Waals surface area contributed by atoms with Gasteiger partial charge in [0.25, 0.3) is 5.91 Å². The highest BCUT2D eigenvalue weighted by Crippen LogP contribution is 2.35. The zero-order valence-corrected chi connectivity index (χ0v) is 10.0. The summed E-state index contributed by atoms with van der Waals surface area (Å²) < 4.78 is 65.6. The van der Waals surface area contributed by atoms with Gasteiger partial charge in [0.15, 0.2) is 0 Å². The minimum Gasteiger partial charge on any atom is -0.492 e. The van der Waals surface area contributed by atoms with E-state index in [4.69, 9.17) is 10.5 Å². The summed E-state index contributed by atoms with van der Waals surface area (Å²) in [5.74, 6) is -7.53. The Bertz CT molecular complexity index is 476. The molecule has 20 heavy (non-hydrogen) atoms. The van der Waals surface area contributed by atoms with Gasteiger partial charge in [0.2, 0.25) is 0 Å². The van der Waals surface area contributed by atoms with Crippen LogP contribution in [-0.2, 0) is 4.79 Å². The molecule has 0 spiro atoms. The highest BCUT2D eigenvalue weighted by Gasteiger charge is 2.63. The largest absolute Gasteiger partial charge is 0.492 e. The van der Waals surface area contributed by atoms with Crippen LogP contribution in [0.15, 0.2) is 24.3 Å². The minimum atomic E-state index is -5.92. The highest BCUT2D eigenvalue weighted by molar-refractivity contribution is 5.84. The number of nitrogens with one attached hydrogen (secondary N) is 1. The summed E-state index contributed by atoms with van der Waals surface area (Å²) in [5.41, 5.74) is 5.84. The lowest BCUT2D eigenvalue weighted by atomic mass is 10.3. The van der Waals surface area contributed by atoms with Gasteiger partial charge in [-0.1, -0.05) is 6.07 Å². The first-order chi connectivity index (χ1) is 9.14. The van der Waals surface area contributed by atoms with Gasteiger partial charge in [0.1, 0.15) is 12.4 Å². The summed E-state index contributed by atoms with van der Waals surface area (Å²) in [6.07, 6.45) is -5.92. The molecule has 9 heteroatoms. The van der Waals surface area contributed by atoms with Gasteiger partial charge in [-0.15, -0.1) is 0 Å². The number of hydrogen-bond acceptors (Lipinski definition) is 3. The normalized spacial score (nSPS) is 12.1. The van der Waals surface area contributed by atoms with E-state index in [2.05, 4.69) is 0 Å². The second kappa shape index (κ2) is 5.93. The second-order valence-corrected chi connectivity index (χ2v) is 3.75. The van der Waals surface area contributed by atoms with Crippen LogP contribution in [0.25, 0.3) is 0 Å². The van der Waals surface area contributed by atoms with Crippen molar-refractivity contribution in [1.82, 2.24) is 5.32 Å². The SMILES string of the molecule is Nc1cccc(OCCNC(=O)C(F)(F)C(F)(F)F)c1. The summed E-state index contributed by atoms with van der Waals surface area (Å²) in [5, 5.41) is 1.45. The van der Waals surface area contributed by atoms with Gasteiger partial charge in [0, 0.05) is 11.8 Å². The van der Waals surface area contributed by atoms with Gasteiger partial charge in [0.05, 0.1) is 6.54 Å². The van der Waals surface area contributed by atoms with E-state index in [1.54, 1.807) is 12.1 Å². The van der Waals surface area contributed by atoms with Gasteiger partial charge in [-0.25, -0.2) is 0 Å². The Morgan fingerprint density at radius 1 is 1.25 bits per heavy atom. The zero-order chi connectivity index (χ0) is 15.4. The molecule has 0 aliphatic rings. The number of rotatable bonds is 5. The molecular weight excluding hydrogens is 287 g/mol. The van der Waals surface area contributed by atoms with Crippen LogP contribution >= 0.6 is 0 Å². The molecule has 0 saturated heterocycles. The van der Waals surface area contributed by atoms with E-state index in [9.17, 15) is 26.7 Å². The number of amides is 1. The van der Waals surface area contributed by atoms with E-state index < -0.39 is 24.6 Å². The van der Waals surface area contributed by atoms with E-state index in [1.165, 1.54) is 17.4 Å². The average molecular weight is 298 g/mol. The van der Waals surface area contributed by atoms with Crippen molar-refractivity contribution >= 4 is 11.6 Å². The number of nitrogens with two attached hydrogens (primary N) is 1. The van der Waals surface area contributed by atoms with E-state index in [-0.39, 0.29) is 6.61 Å². The molecular formula is C11H11F5N2O2. The molecule has 0 fully saturated rings. The zero-order valence-electron chi connectivity index (χ0n) is 10.0. The molecule has 4 nitrogen and oxygen atoms in total. The number of nitrogen functional groups attached to an aromatic ring is 1. The predicted octanol–water partition coefficient (Wildman–Crippen LogP) is 1.96. The number of carbonyl (C=O) groups excluding carboxylic acids is 1. The van der Waals surface area contributed by atoms with Crippen LogP contribution in [0.5, 0.6) is 5.75 Å². The van der Waals surface area contributed by atoms with Crippen LogP contribution in [-0.4, -0.2) is 31.2 Å². The third-order valence-electron chi connectivity index (χ3n) is 2.16. The van der Waals surface area contributed by atoms with E-state index >= 15 is 0 Å². The molecule has 1 aromatic rings. The van der Waals surface area contributed by atoms with Gasteiger partial charge in [-0.3, -0.25) is 4.79 Å². The molecule has 1 amide bonds. The first kappa shape index (κ1) is 16.0. The third kappa shape index (κ3) is 3.97. The van der Waals surface area contributed by atoms with Gasteiger partial charge >= 0.3 is 12.1 Å². The molecule has 112 valence electrons. The van der Waals surface area contributed by atoms with Crippen molar-refractivity contribution in [1.29, 1.82) is 0 Å². The Kier molecular flexibility index (Phi) is 4.74. The lowest BCUT2D eigenvalue weighted by Gasteiger charge is -2.18. The Balaban J connectivity index is 2.40.